The highest BCUT2D eigenvalue weighted by Gasteiger charge is 2.35. The molecule has 0 aromatic rings. The Morgan fingerprint density at radius 2 is 1.71 bits per heavy atom. The molecule has 0 amide bonds. The van der Waals surface area contributed by atoms with Crippen LogP contribution in [-0.2, 0) is 4.79 Å². The van der Waals surface area contributed by atoms with Crippen LogP contribution in [0.2, 0.25) is 0 Å². The third-order valence-corrected chi connectivity index (χ3v) is 2.42. The smallest absolute Gasteiger partial charge is 0.381 e. The first-order valence-corrected chi connectivity index (χ1v) is 5.23. The first-order valence-electron chi connectivity index (χ1n) is 5.23. The zero-order valence-corrected chi connectivity index (χ0v) is 10.7. The van der Waals surface area contributed by atoms with Crippen molar-refractivity contribution in [3.8, 4) is 0 Å². The Labute approximate surface area is 99.8 Å². The summed E-state index contributed by atoms with van der Waals surface area (Å²) in [4.78, 5) is 12.3. The summed E-state index contributed by atoms with van der Waals surface area (Å²) in [6, 6.07) is 0. The van der Waals surface area contributed by atoms with Gasteiger partial charge in [0, 0.05) is 25.4 Å². The van der Waals surface area contributed by atoms with Crippen LogP contribution in [0.5, 0.6) is 0 Å². The maximum absolute atomic E-state index is 12.9. The van der Waals surface area contributed by atoms with Crippen molar-refractivity contribution in [2.24, 2.45) is 5.92 Å². The van der Waals surface area contributed by atoms with Gasteiger partial charge in [-0.1, -0.05) is 13.8 Å². The van der Waals surface area contributed by atoms with Crippen molar-refractivity contribution in [3.05, 3.63) is 22.9 Å². The topological polar surface area (TPSA) is 20.3 Å². The maximum Gasteiger partial charge on any atom is 0.416 e. The fourth-order valence-corrected chi connectivity index (χ4v) is 1.18. The Morgan fingerprint density at radius 1 is 1.24 bits per heavy atom. The molecule has 0 aliphatic rings. The molecule has 98 valence electrons. The third kappa shape index (κ3) is 4.63. The highest BCUT2D eigenvalue weighted by atomic mass is 19.4. The number of aldehydes is 1. The second kappa shape index (κ2) is 5.89. The Bertz CT molecular complexity index is 338. The highest BCUT2D eigenvalue weighted by molar-refractivity contribution is 5.76. The van der Waals surface area contributed by atoms with E-state index in [0.29, 0.717) is 5.70 Å². The Hall–Kier alpha value is -1.26. The molecule has 0 aliphatic heterocycles. The number of allylic oxidation sites excluding steroid dienone is 4. The van der Waals surface area contributed by atoms with Gasteiger partial charge in [-0.05, 0) is 18.9 Å². The second-order valence-electron chi connectivity index (χ2n) is 4.32. The van der Waals surface area contributed by atoms with E-state index in [-0.39, 0.29) is 11.9 Å². The van der Waals surface area contributed by atoms with Crippen molar-refractivity contribution in [3.63, 3.8) is 0 Å². The maximum atomic E-state index is 12.9. The molecular weight excluding hydrogens is 231 g/mol. The molecule has 0 radical (unpaired) electrons. The van der Waals surface area contributed by atoms with Gasteiger partial charge in [0.25, 0.3) is 0 Å². The molecule has 0 bridgehead atoms. The lowest BCUT2D eigenvalue weighted by Gasteiger charge is -2.18. The molecule has 0 aromatic carbocycles. The van der Waals surface area contributed by atoms with Crippen LogP contribution in [0.3, 0.4) is 0 Å². The minimum atomic E-state index is -4.52. The van der Waals surface area contributed by atoms with Crippen LogP contribution in [-0.4, -0.2) is 31.5 Å². The van der Waals surface area contributed by atoms with Crippen LogP contribution in [0.15, 0.2) is 22.9 Å². The molecule has 0 atom stereocenters. The molecular formula is C12H18F3NO. The van der Waals surface area contributed by atoms with Crippen molar-refractivity contribution in [1.82, 2.24) is 4.90 Å². The summed E-state index contributed by atoms with van der Waals surface area (Å²) in [5.41, 5.74) is -0.648. The molecule has 5 heteroatoms. The number of hydrogen-bond acceptors (Lipinski definition) is 2. The van der Waals surface area contributed by atoms with Crippen molar-refractivity contribution in [1.29, 1.82) is 0 Å². The standard InChI is InChI=1S/C12H18F3NO/c1-8(2)10(7-17)11(12(13,14)15)6-9(3)16(4)5/h6-8H,1-5H3/b9-6-,11-10-. The summed E-state index contributed by atoms with van der Waals surface area (Å²) >= 11 is 0. The van der Waals surface area contributed by atoms with Crippen LogP contribution >= 0.6 is 0 Å². The Kier molecular flexibility index (Phi) is 5.45. The van der Waals surface area contributed by atoms with E-state index in [1.165, 1.54) is 0 Å². The van der Waals surface area contributed by atoms with Gasteiger partial charge in [-0.15, -0.1) is 0 Å². The zero-order chi connectivity index (χ0) is 13.8. The number of alkyl halides is 3. The molecule has 0 saturated carbocycles. The van der Waals surface area contributed by atoms with E-state index in [1.807, 2.05) is 0 Å². The van der Waals surface area contributed by atoms with Gasteiger partial charge in [0.15, 0.2) is 0 Å². The minimum absolute atomic E-state index is 0.223. The predicted molar refractivity (Wildman–Crippen MR) is 61.4 cm³/mol. The monoisotopic (exact) mass is 249 g/mol. The number of hydrogen-bond donors (Lipinski definition) is 0. The molecule has 2 nitrogen and oxygen atoms in total. The molecule has 0 rings (SSSR count). The lowest BCUT2D eigenvalue weighted by atomic mass is 9.97. The number of carbonyl (C=O) groups is 1. The van der Waals surface area contributed by atoms with Gasteiger partial charge >= 0.3 is 6.18 Å². The summed E-state index contributed by atoms with van der Waals surface area (Å²) in [6.07, 6.45) is -3.23. The van der Waals surface area contributed by atoms with Crippen molar-refractivity contribution >= 4 is 6.29 Å². The van der Waals surface area contributed by atoms with Crippen LogP contribution in [0, 0.1) is 5.92 Å². The third-order valence-electron chi connectivity index (χ3n) is 2.42. The number of nitrogens with zero attached hydrogens (tertiary/aromatic N) is 1. The van der Waals surface area contributed by atoms with Gasteiger partial charge in [-0.3, -0.25) is 4.79 Å². The van der Waals surface area contributed by atoms with Gasteiger partial charge in [0.1, 0.15) is 6.29 Å². The minimum Gasteiger partial charge on any atom is -0.381 e. The molecule has 0 aliphatic carbocycles. The largest absolute Gasteiger partial charge is 0.416 e. The van der Waals surface area contributed by atoms with Crippen LogP contribution < -0.4 is 0 Å². The summed E-state index contributed by atoms with van der Waals surface area (Å²) < 4.78 is 38.6. The first-order chi connectivity index (χ1) is 7.61. The summed E-state index contributed by atoms with van der Waals surface area (Å²) in [5.74, 6) is -0.463. The quantitative estimate of drug-likeness (QED) is 0.433. The predicted octanol–water partition coefficient (Wildman–Crippen LogP) is 3.17. The Morgan fingerprint density at radius 3 is 1.94 bits per heavy atom. The summed E-state index contributed by atoms with van der Waals surface area (Å²) in [5, 5.41) is 0. The van der Waals surface area contributed by atoms with Gasteiger partial charge in [-0.2, -0.15) is 13.2 Å². The molecule has 0 aromatic heterocycles. The average Bonchev–Trinajstić information content (AvgIpc) is 2.14. The van der Waals surface area contributed by atoms with E-state index in [0.717, 1.165) is 6.08 Å². The summed E-state index contributed by atoms with van der Waals surface area (Å²) in [7, 11) is 3.30. The fraction of sp³-hybridized carbons (Fsp3) is 0.583. The number of carbonyl (C=O) groups excluding carboxylic acids is 1. The highest BCUT2D eigenvalue weighted by Crippen LogP contribution is 2.32. The normalized spacial score (nSPS) is 14.8. The van der Waals surface area contributed by atoms with Crippen LogP contribution in [0.1, 0.15) is 20.8 Å². The summed E-state index contributed by atoms with van der Waals surface area (Å²) in [6.45, 7) is 4.69. The molecule has 0 saturated heterocycles. The van der Waals surface area contributed by atoms with Gasteiger partial charge in [-0.25, -0.2) is 0 Å². The van der Waals surface area contributed by atoms with E-state index in [1.54, 1.807) is 39.8 Å². The van der Waals surface area contributed by atoms with E-state index < -0.39 is 17.7 Å². The van der Waals surface area contributed by atoms with E-state index >= 15 is 0 Å². The van der Waals surface area contributed by atoms with Crippen molar-refractivity contribution in [2.45, 2.75) is 26.9 Å². The molecule has 0 heterocycles. The fourth-order valence-electron chi connectivity index (χ4n) is 1.18. The SMILES string of the molecule is C/C(=C/C(=C(\C=O)C(C)C)C(F)(F)F)N(C)C. The molecule has 17 heavy (non-hydrogen) atoms. The zero-order valence-electron chi connectivity index (χ0n) is 10.7. The first kappa shape index (κ1) is 15.7. The second-order valence-corrected chi connectivity index (χ2v) is 4.32. The number of halogens is 3. The molecule has 0 spiro atoms. The molecule has 0 fully saturated rings. The average molecular weight is 249 g/mol. The van der Waals surface area contributed by atoms with E-state index in [2.05, 4.69) is 0 Å². The lowest BCUT2D eigenvalue weighted by Crippen LogP contribution is -2.18. The van der Waals surface area contributed by atoms with Gasteiger partial charge in [0.05, 0.1) is 5.57 Å². The van der Waals surface area contributed by atoms with E-state index in [4.69, 9.17) is 0 Å². The van der Waals surface area contributed by atoms with Gasteiger partial charge in [0.2, 0.25) is 0 Å². The van der Waals surface area contributed by atoms with Crippen LogP contribution in [0.4, 0.5) is 13.2 Å². The Balaban J connectivity index is 5.76. The number of rotatable bonds is 4. The van der Waals surface area contributed by atoms with Crippen molar-refractivity contribution < 1.29 is 18.0 Å². The molecule has 0 unspecified atom stereocenters. The lowest BCUT2D eigenvalue weighted by molar-refractivity contribution is -0.107. The van der Waals surface area contributed by atoms with Gasteiger partial charge < -0.3 is 4.90 Å². The molecule has 0 N–H and O–H groups in total. The van der Waals surface area contributed by atoms with E-state index in [9.17, 15) is 18.0 Å². The van der Waals surface area contributed by atoms with Crippen molar-refractivity contribution in [2.75, 3.05) is 14.1 Å². The van der Waals surface area contributed by atoms with Crippen LogP contribution in [0.25, 0.3) is 0 Å².